The third-order valence-electron chi connectivity index (χ3n) is 3.31. The van der Waals surface area contributed by atoms with Gasteiger partial charge >= 0.3 is 11.9 Å². The van der Waals surface area contributed by atoms with Gasteiger partial charge in [0, 0.05) is 0 Å². The van der Waals surface area contributed by atoms with Crippen LogP contribution in [0.5, 0.6) is 11.5 Å². The minimum absolute atomic E-state index is 0.0329. The molecule has 2 aromatic carbocycles. The molecule has 0 saturated heterocycles. The van der Waals surface area contributed by atoms with Gasteiger partial charge in [-0.25, -0.2) is 9.59 Å². The molecule has 0 radical (unpaired) electrons. The van der Waals surface area contributed by atoms with Crippen molar-refractivity contribution in [3.05, 3.63) is 58.1 Å². The van der Waals surface area contributed by atoms with Crippen molar-refractivity contribution in [1.29, 1.82) is 0 Å². The Morgan fingerprint density at radius 2 is 1.58 bits per heavy atom. The molecule has 0 aromatic heterocycles. The van der Waals surface area contributed by atoms with Crippen molar-refractivity contribution in [1.82, 2.24) is 0 Å². The molecule has 0 atom stereocenters. The Balaban J connectivity index is 1.90. The lowest BCUT2D eigenvalue weighted by atomic mass is 10.2. The van der Waals surface area contributed by atoms with Crippen molar-refractivity contribution in [3.8, 4) is 11.5 Å². The average Bonchev–Trinajstić information content (AvgIpc) is 2.67. The van der Waals surface area contributed by atoms with Crippen LogP contribution in [-0.4, -0.2) is 38.9 Å². The summed E-state index contributed by atoms with van der Waals surface area (Å²) in [5.41, 5.74) is 0.741. The maximum atomic E-state index is 12.2. The number of esters is 2. The van der Waals surface area contributed by atoms with E-state index in [4.69, 9.17) is 18.9 Å². The average molecular weight is 423 g/mol. The van der Waals surface area contributed by atoms with Crippen LogP contribution in [-0.2, 0) is 9.47 Å². The molecule has 6 nitrogen and oxygen atoms in total. The minimum Gasteiger partial charge on any atom is -0.493 e. The second-order valence-corrected chi connectivity index (χ2v) is 5.91. The van der Waals surface area contributed by atoms with E-state index in [1.807, 2.05) is 13.0 Å². The number of ether oxygens (including phenoxy) is 4. The van der Waals surface area contributed by atoms with E-state index in [2.05, 4.69) is 15.9 Å². The number of carbonyl (C=O) groups is 2. The van der Waals surface area contributed by atoms with Crippen molar-refractivity contribution in [2.24, 2.45) is 0 Å². The van der Waals surface area contributed by atoms with Gasteiger partial charge < -0.3 is 18.9 Å². The number of hydrogen-bond acceptors (Lipinski definition) is 6. The number of benzene rings is 2. The lowest BCUT2D eigenvalue weighted by Gasteiger charge is -2.13. The highest BCUT2D eigenvalue weighted by molar-refractivity contribution is 9.10. The summed E-state index contributed by atoms with van der Waals surface area (Å²) in [7, 11) is 1.49. The standard InChI is InChI=1S/C19H19BrO6/c1-3-24-17-15(20)11-14(12-16(17)23-2)19(22)26-10-9-25-18(21)13-7-5-4-6-8-13/h4-8,11-12H,3,9-10H2,1-2H3. The maximum Gasteiger partial charge on any atom is 0.338 e. The van der Waals surface area contributed by atoms with Gasteiger partial charge in [0.05, 0.1) is 29.3 Å². The predicted molar refractivity (Wildman–Crippen MR) is 98.9 cm³/mol. The monoisotopic (exact) mass is 422 g/mol. The summed E-state index contributed by atoms with van der Waals surface area (Å²) in [5.74, 6) is -0.0815. The molecule has 0 aliphatic heterocycles. The second kappa shape index (κ2) is 9.82. The fourth-order valence-corrected chi connectivity index (χ4v) is 2.69. The maximum absolute atomic E-state index is 12.2. The highest BCUT2D eigenvalue weighted by Crippen LogP contribution is 2.36. The number of carbonyl (C=O) groups excluding carboxylic acids is 2. The molecule has 0 fully saturated rings. The van der Waals surface area contributed by atoms with E-state index in [9.17, 15) is 9.59 Å². The predicted octanol–water partition coefficient (Wildman–Crippen LogP) is 3.87. The third-order valence-corrected chi connectivity index (χ3v) is 3.90. The molecular formula is C19H19BrO6. The number of methoxy groups -OCH3 is 1. The fraction of sp³-hybridized carbons (Fsp3) is 0.263. The number of halogens is 1. The summed E-state index contributed by atoms with van der Waals surface area (Å²) in [6.45, 7) is 2.23. The van der Waals surface area contributed by atoms with E-state index in [1.165, 1.54) is 13.2 Å². The van der Waals surface area contributed by atoms with Crippen molar-refractivity contribution in [3.63, 3.8) is 0 Å². The molecule has 0 heterocycles. The zero-order valence-corrected chi connectivity index (χ0v) is 16.1. The third kappa shape index (κ3) is 5.23. The van der Waals surface area contributed by atoms with Crippen LogP contribution in [0.25, 0.3) is 0 Å². The fourth-order valence-electron chi connectivity index (χ4n) is 2.13. The zero-order chi connectivity index (χ0) is 18.9. The zero-order valence-electron chi connectivity index (χ0n) is 14.5. The van der Waals surface area contributed by atoms with Gasteiger partial charge in [-0.2, -0.15) is 0 Å². The molecule has 0 saturated carbocycles. The van der Waals surface area contributed by atoms with Crippen molar-refractivity contribution >= 4 is 27.9 Å². The molecule has 0 N–H and O–H groups in total. The van der Waals surface area contributed by atoms with Gasteiger partial charge in [0.25, 0.3) is 0 Å². The summed E-state index contributed by atoms with van der Waals surface area (Å²) in [6.07, 6.45) is 0. The largest absolute Gasteiger partial charge is 0.493 e. The van der Waals surface area contributed by atoms with Crippen molar-refractivity contribution in [2.45, 2.75) is 6.92 Å². The molecule has 138 valence electrons. The molecule has 0 aliphatic rings. The first-order valence-electron chi connectivity index (χ1n) is 7.96. The highest BCUT2D eigenvalue weighted by atomic mass is 79.9. The number of rotatable bonds is 8. The molecule has 0 unspecified atom stereocenters. The van der Waals surface area contributed by atoms with E-state index in [-0.39, 0.29) is 13.2 Å². The molecule has 26 heavy (non-hydrogen) atoms. The molecule has 0 aliphatic carbocycles. The first-order valence-corrected chi connectivity index (χ1v) is 8.75. The molecule has 7 heteroatoms. The topological polar surface area (TPSA) is 71.1 Å². The van der Waals surface area contributed by atoms with Crippen LogP contribution < -0.4 is 9.47 Å². The molecular weight excluding hydrogens is 404 g/mol. The Kier molecular flexibility index (Phi) is 7.47. The minimum atomic E-state index is -0.553. The smallest absolute Gasteiger partial charge is 0.338 e. The van der Waals surface area contributed by atoms with Gasteiger partial charge in [-0.3, -0.25) is 0 Å². The Labute approximate surface area is 160 Å². The van der Waals surface area contributed by atoms with E-state index in [0.29, 0.717) is 33.7 Å². The molecule has 2 rings (SSSR count). The summed E-state index contributed by atoms with van der Waals surface area (Å²) in [4.78, 5) is 24.0. The first-order chi connectivity index (χ1) is 12.6. The van der Waals surface area contributed by atoms with Gasteiger partial charge in [0.2, 0.25) is 0 Å². The molecule has 2 aromatic rings. The molecule has 0 bridgehead atoms. The van der Waals surface area contributed by atoms with Crippen LogP contribution in [0.4, 0.5) is 0 Å². The van der Waals surface area contributed by atoms with Gasteiger partial charge in [-0.05, 0) is 47.1 Å². The summed E-state index contributed by atoms with van der Waals surface area (Å²) in [5, 5.41) is 0. The van der Waals surface area contributed by atoms with Crippen LogP contribution in [0, 0.1) is 0 Å². The van der Waals surface area contributed by atoms with Gasteiger partial charge in [0.15, 0.2) is 11.5 Å². The van der Waals surface area contributed by atoms with Gasteiger partial charge in [0.1, 0.15) is 13.2 Å². The Bertz CT molecular complexity index is 760. The van der Waals surface area contributed by atoms with Gasteiger partial charge in [-0.15, -0.1) is 0 Å². The quantitative estimate of drug-likeness (QED) is 0.474. The Morgan fingerprint density at radius 1 is 0.962 bits per heavy atom. The lowest BCUT2D eigenvalue weighted by molar-refractivity contribution is 0.0265. The van der Waals surface area contributed by atoms with Crippen LogP contribution >= 0.6 is 15.9 Å². The van der Waals surface area contributed by atoms with E-state index >= 15 is 0 Å². The number of hydrogen-bond donors (Lipinski definition) is 0. The van der Waals surface area contributed by atoms with E-state index in [0.717, 1.165) is 0 Å². The molecule has 0 spiro atoms. The summed E-state index contributed by atoms with van der Waals surface area (Å²) >= 11 is 3.35. The van der Waals surface area contributed by atoms with E-state index < -0.39 is 11.9 Å². The molecule has 0 amide bonds. The first kappa shape index (κ1) is 19.8. The summed E-state index contributed by atoms with van der Waals surface area (Å²) in [6, 6.07) is 11.7. The Hall–Kier alpha value is -2.54. The van der Waals surface area contributed by atoms with Gasteiger partial charge in [-0.1, -0.05) is 18.2 Å². The lowest BCUT2D eigenvalue weighted by Crippen LogP contribution is -2.14. The normalized spacial score (nSPS) is 10.1. The van der Waals surface area contributed by atoms with E-state index in [1.54, 1.807) is 30.3 Å². The Morgan fingerprint density at radius 3 is 2.15 bits per heavy atom. The van der Waals surface area contributed by atoms with Crippen molar-refractivity contribution in [2.75, 3.05) is 26.9 Å². The summed E-state index contributed by atoms with van der Waals surface area (Å²) < 4.78 is 21.5. The van der Waals surface area contributed by atoms with Crippen LogP contribution in [0.3, 0.4) is 0 Å². The SMILES string of the molecule is CCOc1c(Br)cc(C(=O)OCCOC(=O)c2ccccc2)cc1OC. The highest BCUT2D eigenvalue weighted by Gasteiger charge is 2.16. The second-order valence-electron chi connectivity index (χ2n) is 5.06. The van der Waals surface area contributed by atoms with Crippen molar-refractivity contribution < 1.29 is 28.5 Å². The van der Waals surface area contributed by atoms with Crippen LogP contribution in [0.1, 0.15) is 27.6 Å². The van der Waals surface area contributed by atoms with Crippen LogP contribution in [0.15, 0.2) is 46.9 Å². The van der Waals surface area contributed by atoms with Crippen LogP contribution in [0.2, 0.25) is 0 Å².